The van der Waals surface area contributed by atoms with Crippen molar-refractivity contribution >= 4 is 29.6 Å². The lowest BCUT2D eigenvalue weighted by atomic mass is 10.1. The number of aromatic amines is 2. The smallest absolute Gasteiger partial charge is 0.488 e. The number of nitrogens with one attached hydrogen (secondary N) is 2. The highest BCUT2D eigenvalue weighted by Gasteiger charge is 2.40. The van der Waals surface area contributed by atoms with Crippen LogP contribution in [-0.4, -0.2) is 23.1 Å². The van der Waals surface area contributed by atoms with E-state index in [2.05, 4.69) is 9.97 Å². The van der Waals surface area contributed by atoms with E-state index < -0.39 is 7.32 Å². The van der Waals surface area contributed by atoms with E-state index in [0.717, 1.165) is 33.3 Å². The van der Waals surface area contributed by atoms with E-state index in [1.54, 1.807) is 6.07 Å². The van der Waals surface area contributed by atoms with Crippen molar-refractivity contribution in [2.24, 2.45) is 0 Å². The van der Waals surface area contributed by atoms with Gasteiger partial charge in [-0.3, -0.25) is 4.79 Å². The number of ketones is 1. The predicted molar refractivity (Wildman–Crippen MR) is 157 cm³/mol. The van der Waals surface area contributed by atoms with Crippen LogP contribution in [0.1, 0.15) is 16.2 Å². The predicted octanol–water partition coefficient (Wildman–Crippen LogP) is 7.53. The lowest BCUT2D eigenvalue weighted by molar-refractivity contribution is 0.104. The van der Waals surface area contributed by atoms with Gasteiger partial charge in [0.25, 0.3) is 0 Å². The van der Waals surface area contributed by atoms with E-state index in [9.17, 15) is 4.79 Å². The molecule has 7 heteroatoms. The number of carbonyl (C=O) groups is 1. The molecule has 0 saturated carbocycles. The van der Waals surface area contributed by atoms with Gasteiger partial charge in [-0.2, -0.15) is 0 Å². The number of H-pyrrole nitrogens is 2. The zero-order valence-corrected chi connectivity index (χ0v) is 21.3. The second kappa shape index (κ2) is 10.0. The van der Waals surface area contributed by atoms with Gasteiger partial charge in [-0.1, -0.05) is 91.0 Å². The van der Waals surface area contributed by atoms with Gasteiger partial charge >= 0.3 is 7.32 Å². The first-order chi connectivity index (χ1) is 19.7. The van der Waals surface area contributed by atoms with Gasteiger partial charge in [0.05, 0.1) is 11.4 Å². The molecule has 2 N–H and O–H groups in total. The Kier molecular flexibility index (Phi) is 5.94. The van der Waals surface area contributed by atoms with Crippen LogP contribution in [0.4, 0.5) is 0 Å². The standard InChI is InChI=1S/C33H23BN2O4/c37-30(28-18-16-26(35-28)23-10-3-1-4-11-23)21-32(29-19-17-27(36-29)24-12-5-2-6-13-24)39-34-38-31-20-15-22-9-7-8-14-25(22)33(31)40-34/h1-21,35-36H/b32-21-. The maximum absolute atomic E-state index is 13.4. The molecule has 0 atom stereocenters. The van der Waals surface area contributed by atoms with E-state index >= 15 is 0 Å². The van der Waals surface area contributed by atoms with Crippen molar-refractivity contribution in [3.05, 3.63) is 139 Å². The minimum atomic E-state index is -1.06. The first-order valence-electron chi connectivity index (χ1n) is 13.0. The highest BCUT2D eigenvalue weighted by atomic mass is 16.8. The number of rotatable bonds is 7. The van der Waals surface area contributed by atoms with Gasteiger partial charge in [-0.25, -0.2) is 0 Å². The fraction of sp³-hybridized carbons (Fsp3) is 0. The SMILES string of the molecule is O=C(/C=C(\OB1Oc2ccc3ccccc3c2O1)c1ccc(-c2ccccc2)[nH]1)c1ccc(-c2ccccc2)[nH]1. The fourth-order valence-electron chi connectivity index (χ4n) is 4.84. The number of fused-ring (bicyclic) bond motifs is 3. The van der Waals surface area contributed by atoms with Crippen LogP contribution in [0, 0.1) is 0 Å². The van der Waals surface area contributed by atoms with Gasteiger partial charge in [0.1, 0.15) is 11.5 Å². The molecule has 0 amide bonds. The summed E-state index contributed by atoms with van der Waals surface area (Å²) in [4.78, 5) is 20.0. The third-order valence-corrected chi connectivity index (χ3v) is 6.84. The maximum atomic E-state index is 13.4. The summed E-state index contributed by atoms with van der Waals surface area (Å²) < 4.78 is 18.3. The molecular formula is C33H23BN2O4. The Morgan fingerprint density at radius 3 is 2.00 bits per heavy atom. The van der Waals surface area contributed by atoms with Crippen molar-refractivity contribution in [3.63, 3.8) is 0 Å². The normalized spacial score (nSPS) is 12.6. The number of hydrogen-bond acceptors (Lipinski definition) is 4. The van der Waals surface area contributed by atoms with Crippen LogP contribution in [0.2, 0.25) is 0 Å². The summed E-state index contributed by atoms with van der Waals surface area (Å²) in [5.74, 6) is 1.25. The van der Waals surface area contributed by atoms with Crippen molar-refractivity contribution in [3.8, 4) is 34.0 Å². The van der Waals surface area contributed by atoms with Gasteiger partial charge in [-0.05, 0) is 46.8 Å². The van der Waals surface area contributed by atoms with E-state index in [1.165, 1.54) is 6.08 Å². The molecule has 0 aliphatic carbocycles. The maximum Gasteiger partial charge on any atom is 0.864 e. The van der Waals surface area contributed by atoms with Gasteiger partial charge in [0.15, 0.2) is 5.75 Å². The lowest BCUT2D eigenvalue weighted by Gasteiger charge is -2.11. The molecule has 3 heterocycles. The first kappa shape index (κ1) is 23.7. The number of benzene rings is 4. The zero-order chi connectivity index (χ0) is 26.9. The van der Waals surface area contributed by atoms with E-state index in [-0.39, 0.29) is 5.78 Å². The molecular weight excluding hydrogens is 499 g/mol. The summed E-state index contributed by atoms with van der Waals surface area (Å²) in [5, 5.41) is 1.97. The Balaban J connectivity index is 1.21. The summed E-state index contributed by atoms with van der Waals surface area (Å²) in [6, 6.07) is 39.1. The molecule has 1 aliphatic heterocycles. The van der Waals surface area contributed by atoms with E-state index in [0.29, 0.717) is 28.6 Å². The molecule has 0 bridgehead atoms. The first-order valence-corrected chi connectivity index (χ1v) is 13.0. The highest BCUT2D eigenvalue weighted by Crippen LogP contribution is 2.41. The quantitative estimate of drug-likeness (QED) is 0.0984. The van der Waals surface area contributed by atoms with Crippen LogP contribution in [-0.2, 0) is 4.65 Å². The lowest BCUT2D eigenvalue weighted by Crippen LogP contribution is -2.28. The number of allylic oxidation sites excluding steroid dienone is 1. The third-order valence-electron chi connectivity index (χ3n) is 6.84. The number of carbonyl (C=O) groups excluding carboxylic acids is 1. The molecule has 0 saturated heterocycles. The van der Waals surface area contributed by atoms with Crippen molar-refractivity contribution in [1.29, 1.82) is 0 Å². The van der Waals surface area contributed by atoms with Crippen LogP contribution in [0.25, 0.3) is 39.0 Å². The van der Waals surface area contributed by atoms with Crippen LogP contribution >= 0.6 is 0 Å². The minimum Gasteiger partial charge on any atom is -0.488 e. The number of aromatic nitrogens is 2. The zero-order valence-electron chi connectivity index (χ0n) is 21.3. The average Bonchev–Trinajstić information content (AvgIpc) is 3.78. The van der Waals surface area contributed by atoms with Gasteiger partial charge in [0.2, 0.25) is 5.78 Å². The van der Waals surface area contributed by atoms with Gasteiger partial charge in [0, 0.05) is 22.9 Å². The number of hydrogen-bond donors (Lipinski definition) is 2. The molecule has 1 aliphatic rings. The van der Waals surface area contributed by atoms with Crippen LogP contribution in [0.5, 0.6) is 11.5 Å². The minimum absolute atomic E-state index is 0.242. The second-order valence-corrected chi connectivity index (χ2v) is 9.43. The molecule has 0 spiro atoms. The molecule has 4 aromatic carbocycles. The van der Waals surface area contributed by atoms with Crippen molar-refractivity contribution < 1.29 is 18.8 Å². The molecule has 2 aromatic heterocycles. The molecule has 6 aromatic rings. The van der Waals surface area contributed by atoms with Crippen molar-refractivity contribution in [1.82, 2.24) is 9.97 Å². The highest BCUT2D eigenvalue weighted by molar-refractivity contribution is 6.42. The van der Waals surface area contributed by atoms with Crippen LogP contribution in [0.3, 0.4) is 0 Å². The third kappa shape index (κ3) is 4.54. The summed E-state index contributed by atoms with van der Waals surface area (Å²) in [6.07, 6.45) is 1.45. The average molecular weight is 522 g/mol. The summed E-state index contributed by atoms with van der Waals surface area (Å²) in [7, 11) is -1.06. The molecule has 192 valence electrons. The van der Waals surface area contributed by atoms with Gasteiger partial charge < -0.3 is 23.9 Å². The Morgan fingerprint density at radius 1 is 0.650 bits per heavy atom. The van der Waals surface area contributed by atoms with Gasteiger partial charge in [-0.15, -0.1) is 0 Å². The monoisotopic (exact) mass is 522 g/mol. The largest absolute Gasteiger partial charge is 0.864 e. The topological polar surface area (TPSA) is 76.3 Å². The van der Waals surface area contributed by atoms with Crippen LogP contribution < -0.4 is 9.31 Å². The molecule has 6 nitrogen and oxygen atoms in total. The molecule has 7 rings (SSSR count). The van der Waals surface area contributed by atoms with Crippen LogP contribution in [0.15, 0.2) is 127 Å². The summed E-state index contributed by atoms with van der Waals surface area (Å²) >= 11 is 0. The van der Waals surface area contributed by atoms with E-state index in [1.807, 2.05) is 115 Å². The van der Waals surface area contributed by atoms with Crippen molar-refractivity contribution in [2.75, 3.05) is 0 Å². The molecule has 40 heavy (non-hydrogen) atoms. The summed E-state index contributed by atoms with van der Waals surface area (Å²) in [5.41, 5.74) is 4.83. The second-order valence-electron chi connectivity index (χ2n) is 9.43. The van der Waals surface area contributed by atoms with Crippen molar-refractivity contribution in [2.45, 2.75) is 0 Å². The Morgan fingerprint density at radius 2 is 1.27 bits per heavy atom. The molecule has 0 fully saturated rings. The summed E-state index contributed by atoms with van der Waals surface area (Å²) in [6.45, 7) is 0. The Hall–Kier alpha value is -5.43. The molecule has 0 radical (unpaired) electrons. The van der Waals surface area contributed by atoms with E-state index in [4.69, 9.17) is 14.0 Å². The Bertz CT molecular complexity index is 1860. The molecule has 0 unspecified atom stereocenters. The fourth-order valence-corrected chi connectivity index (χ4v) is 4.84. The Labute approximate surface area is 231 Å².